The number of halogens is 1. The zero-order valence-corrected chi connectivity index (χ0v) is 15.3. The lowest BCUT2D eigenvalue weighted by molar-refractivity contribution is -0.695. The van der Waals surface area contributed by atoms with Gasteiger partial charge < -0.3 is 5.32 Å². The molecular formula is C22H19FN3O2+. The Kier molecular flexibility index (Phi) is 4.61. The molecule has 3 aromatic rings. The van der Waals surface area contributed by atoms with Gasteiger partial charge in [0.25, 0.3) is 11.8 Å². The molecule has 140 valence electrons. The zero-order valence-electron chi connectivity index (χ0n) is 15.3. The van der Waals surface area contributed by atoms with Crippen LogP contribution >= 0.6 is 0 Å². The molecule has 1 aliphatic rings. The van der Waals surface area contributed by atoms with Crippen LogP contribution in [0, 0.1) is 12.7 Å². The molecule has 0 saturated carbocycles. The van der Waals surface area contributed by atoms with Gasteiger partial charge in [0.05, 0.1) is 0 Å². The van der Waals surface area contributed by atoms with Crippen molar-refractivity contribution in [3.05, 3.63) is 90.0 Å². The van der Waals surface area contributed by atoms with Crippen molar-refractivity contribution in [1.82, 2.24) is 0 Å². The van der Waals surface area contributed by atoms with E-state index in [-0.39, 0.29) is 18.4 Å². The van der Waals surface area contributed by atoms with Gasteiger partial charge in [0, 0.05) is 23.5 Å². The molecule has 1 aromatic heterocycles. The SMILES string of the molecule is Cc1ccccc1NC(=O)[C@@H]1c2cccc[n+]2CC(=O)N1c1ccc(F)cc1. The number of aromatic nitrogens is 1. The average Bonchev–Trinajstić information content (AvgIpc) is 2.69. The maximum atomic E-state index is 13.4. The van der Waals surface area contributed by atoms with Crippen LogP contribution in [0.25, 0.3) is 0 Å². The van der Waals surface area contributed by atoms with Gasteiger partial charge >= 0.3 is 0 Å². The molecule has 6 heteroatoms. The monoisotopic (exact) mass is 376 g/mol. The Labute approximate surface area is 162 Å². The first-order valence-electron chi connectivity index (χ1n) is 8.97. The number of hydrogen-bond donors (Lipinski definition) is 1. The van der Waals surface area contributed by atoms with Crippen LogP contribution in [0.15, 0.2) is 72.9 Å². The van der Waals surface area contributed by atoms with E-state index in [9.17, 15) is 14.0 Å². The number of hydrogen-bond acceptors (Lipinski definition) is 2. The summed E-state index contributed by atoms with van der Waals surface area (Å²) in [6.07, 6.45) is 1.78. The first kappa shape index (κ1) is 17.9. The number of pyridine rings is 1. The second kappa shape index (κ2) is 7.23. The van der Waals surface area contributed by atoms with E-state index in [1.165, 1.54) is 29.2 Å². The number of nitrogens with zero attached hydrogens (tertiary/aromatic N) is 2. The Bertz CT molecular complexity index is 1050. The summed E-state index contributed by atoms with van der Waals surface area (Å²) >= 11 is 0. The van der Waals surface area contributed by atoms with Crippen molar-refractivity contribution in [1.29, 1.82) is 0 Å². The first-order chi connectivity index (χ1) is 13.5. The summed E-state index contributed by atoms with van der Waals surface area (Å²) in [5.41, 5.74) is 2.78. The highest BCUT2D eigenvalue weighted by molar-refractivity contribution is 6.05. The van der Waals surface area contributed by atoms with Gasteiger partial charge in [-0.15, -0.1) is 0 Å². The lowest BCUT2D eigenvalue weighted by Gasteiger charge is -2.32. The highest BCUT2D eigenvalue weighted by Gasteiger charge is 2.43. The molecule has 0 saturated heterocycles. The highest BCUT2D eigenvalue weighted by atomic mass is 19.1. The summed E-state index contributed by atoms with van der Waals surface area (Å²) in [5.74, 6) is -0.962. The van der Waals surface area contributed by atoms with Gasteiger partial charge in [0.15, 0.2) is 6.20 Å². The molecule has 2 amide bonds. The second-order valence-electron chi connectivity index (χ2n) is 6.70. The normalized spacial score (nSPS) is 15.9. The van der Waals surface area contributed by atoms with Gasteiger partial charge in [-0.05, 0) is 42.8 Å². The number of aryl methyl sites for hydroxylation is 1. The molecule has 1 aliphatic heterocycles. The topological polar surface area (TPSA) is 53.3 Å². The van der Waals surface area contributed by atoms with Crippen molar-refractivity contribution < 1.29 is 18.5 Å². The van der Waals surface area contributed by atoms with Crippen molar-refractivity contribution in [2.75, 3.05) is 10.2 Å². The van der Waals surface area contributed by atoms with E-state index < -0.39 is 11.9 Å². The van der Waals surface area contributed by atoms with Gasteiger partial charge in [-0.2, -0.15) is 4.57 Å². The fourth-order valence-corrected chi connectivity index (χ4v) is 3.44. The maximum Gasteiger partial charge on any atom is 0.294 e. The van der Waals surface area contributed by atoms with Gasteiger partial charge in [-0.3, -0.25) is 14.5 Å². The van der Waals surface area contributed by atoms with Crippen LogP contribution in [-0.2, 0) is 16.1 Å². The van der Waals surface area contributed by atoms with Gasteiger partial charge in [0.2, 0.25) is 18.3 Å². The molecular weight excluding hydrogens is 357 g/mol. The van der Waals surface area contributed by atoms with Crippen LogP contribution in [0.1, 0.15) is 17.3 Å². The molecule has 2 heterocycles. The Hall–Kier alpha value is -3.54. The largest absolute Gasteiger partial charge is 0.324 e. The number of anilines is 2. The van der Waals surface area contributed by atoms with Crippen molar-refractivity contribution in [2.24, 2.45) is 0 Å². The molecule has 4 rings (SSSR count). The van der Waals surface area contributed by atoms with Crippen molar-refractivity contribution >= 4 is 23.2 Å². The van der Waals surface area contributed by atoms with Crippen LogP contribution in [0.4, 0.5) is 15.8 Å². The van der Waals surface area contributed by atoms with E-state index >= 15 is 0 Å². The van der Waals surface area contributed by atoms with E-state index in [0.717, 1.165) is 5.56 Å². The molecule has 1 atom stereocenters. The van der Waals surface area contributed by atoms with E-state index in [1.54, 1.807) is 10.8 Å². The number of fused-ring (bicyclic) bond motifs is 1. The Morgan fingerprint density at radius 3 is 2.54 bits per heavy atom. The average molecular weight is 376 g/mol. The predicted octanol–water partition coefficient (Wildman–Crippen LogP) is 3.15. The standard InChI is InChI=1S/C22H18FN3O2/c1-15-6-2-3-7-18(15)24-22(28)21-19-8-4-5-13-25(19)14-20(27)26(21)17-11-9-16(23)10-12-17/h2-13,21H,14H2,1H3/p+1/t21-/m0/s1. The third kappa shape index (κ3) is 3.24. The fraction of sp³-hybridized carbons (Fsp3) is 0.136. The minimum absolute atomic E-state index is 0.113. The summed E-state index contributed by atoms with van der Waals surface area (Å²) in [6, 6.07) is 17.7. The summed E-state index contributed by atoms with van der Waals surface area (Å²) in [4.78, 5) is 27.6. The lowest BCUT2D eigenvalue weighted by Crippen LogP contribution is -2.58. The first-order valence-corrected chi connectivity index (χ1v) is 8.97. The van der Waals surface area contributed by atoms with Crippen LogP contribution in [0.2, 0.25) is 0 Å². The third-order valence-electron chi connectivity index (χ3n) is 4.84. The minimum Gasteiger partial charge on any atom is -0.324 e. The molecule has 0 aliphatic carbocycles. The number of amides is 2. The number of nitrogens with one attached hydrogen (secondary N) is 1. The van der Waals surface area contributed by atoms with Crippen molar-refractivity contribution in [2.45, 2.75) is 19.5 Å². The summed E-state index contributed by atoms with van der Waals surface area (Å²) in [5, 5.41) is 2.93. The van der Waals surface area contributed by atoms with Crippen LogP contribution < -0.4 is 14.8 Å². The van der Waals surface area contributed by atoms with Crippen LogP contribution in [-0.4, -0.2) is 11.8 Å². The van der Waals surface area contributed by atoms with Gasteiger partial charge in [-0.25, -0.2) is 4.39 Å². The van der Waals surface area contributed by atoms with E-state index in [1.807, 2.05) is 49.4 Å². The molecule has 0 radical (unpaired) electrons. The third-order valence-corrected chi connectivity index (χ3v) is 4.84. The molecule has 1 N–H and O–H groups in total. The number of carbonyl (C=O) groups excluding carboxylic acids is 2. The number of para-hydroxylation sites is 1. The fourth-order valence-electron chi connectivity index (χ4n) is 3.44. The van der Waals surface area contributed by atoms with Crippen LogP contribution in [0.3, 0.4) is 0 Å². The minimum atomic E-state index is -0.868. The number of carbonyl (C=O) groups is 2. The molecule has 0 unspecified atom stereocenters. The smallest absolute Gasteiger partial charge is 0.294 e. The Morgan fingerprint density at radius 1 is 1.07 bits per heavy atom. The molecule has 0 bridgehead atoms. The Morgan fingerprint density at radius 2 is 1.79 bits per heavy atom. The molecule has 0 spiro atoms. The van der Waals surface area contributed by atoms with Gasteiger partial charge in [0.1, 0.15) is 5.82 Å². The van der Waals surface area contributed by atoms with Crippen LogP contribution in [0.5, 0.6) is 0 Å². The van der Waals surface area contributed by atoms with Crippen molar-refractivity contribution in [3.8, 4) is 0 Å². The molecule has 2 aromatic carbocycles. The van der Waals surface area contributed by atoms with Crippen molar-refractivity contribution in [3.63, 3.8) is 0 Å². The van der Waals surface area contributed by atoms with E-state index in [0.29, 0.717) is 17.1 Å². The number of benzene rings is 2. The summed E-state index contributed by atoms with van der Waals surface area (Å²) in [7, 11) is 0. The quantitative estimate of drug-likeness (QED) is 0.714. The van der Waals surface area contributed by atoms with Gasteiger partial charge in [-0.1, -0.05) is 24.3 Å². The van der Waals surface area contributed by atoms with E-state index in [2.05, 4.69) is 5.32 Å². The summed E-state index contributed by atoms with van der Waals surface area (Å²) in [6.45, 7) is 2.02. The zero-order chi connectivity index (χ0) is 19.7. The predicted molar refractivity (Wildman–Crippen MR) is 103 cm³/mol. The molecule has 5 nitrogen and oxygen atoms in total. The number of rotatable bonds is 3. The maximum absolute atomic E-state index is 13.4. The molecule has 0 fully saturated rings. The molecule has 28 heavy (non-hydrogen) atoms. The van der Waals surface area contributed by atoms with E-state index in [4.69, 9.17) is 0 Å². The highest BCUT2D eigenvalue weighted by Crippen LogP contribution is 2.30. The second-order valence-corrected chi connectivity index (χ2v) is 6.70. The summed E-state index contributed by atoms with van der Waals surface area (Å²) < 4.78 is 15.2. The Balaban J connectivity index is 1.78. The lowest BCUT2D eigenvalue weighted by atomic mass is 10.0.